The first-order valence-electron chi connectivity index (χ1n) is 4.27. The van der Waals surface area contributed by atoms with E-state index in [9.17, 15) is 0 Å². The molecule has 1 rings (SSSR count). The Labute approximate surface area is 83.4 Å². The van der Waals surface area contributed by atoms with Gasteiger partial charge in [0.1, 0.15) is 5.82 Å². The maximum absolute atomic E-state index is 4.22. The van der Waals surface area contributed by atoms with Gasteiger partial charge in [-0.05, 0) is 20.1 Å². The van der Waals surface area contributed by atoms with Crippen LogP contribution in [0.1, 0.15) is 12.6 Å². The molecule has 1 aromatic heterocycles. The van der Waals surface area contributed by atoms with Gasteiger partial charge in [-0.15, -0.1) is 0 Å². The van der Waals surface area contributed by atoms with Crippen molar-refractivity contribution < 1.29 is 0 Å². The maximum atomic E-state index is 4.22. The molecular weight excluding hydrogens is 182 g/mol. The molecule has 0 spiro atoms. The predicted molar refractivity (Wildman–Crippen MR) is 58.2 cm³/mol. The third kappa shape index (κ3) is 3.22. The molecule has 1 aromatic rings. The van der Waals surface area contributed by atoms with E-state index in [1.807, 2.05) is 18.7 Å². The Morgan fingerprint density at radius 1 is 1.46 bits per heavy atom. The smallest absolute Gasteiger partial charge is 0.147 e. The molecule has 0 amide bonds. The second-order valence-electron chi connectivity index (χ2n) is 2.99. The molecule has 0 fully saturated rings. The second-order valence-corrected chi connectivity index (χ2v) is 3.90. The number of aromatic nitrogens is 2. The number of hydrogen-bond donors (Lipinski definition) is 1. The fourth-order valence-electron chi connectivity index (χ4n) is 1.07. The quantitative estimate of drug-likeness (QED) is 0.800. The summed E-state index contributed by atoms with van der Waals surface area (Å²) >= 11 is 1.82. The highest BCUT2D eigenvalue weighted by Crippen LogP contribution is 2.09. The molecule has 0 bridgehead atoms. The lowest BCUT2D eigenvalue weighted by Gasteiger charge is -2.13. The van der Waals surface area contributed by atoms with E-state index in [2.05, 4.69) is 28.5 Å². The third-order valence-corrected chi connectivity index (χ3v) is 2.51. The van der Waals surface area contributed by atoms with Crippen LogP contribution in [-0.4, -0.2) is 28.0 Å². The van der Waals surface area contributed by atoms with Gasteiger partial charge >= 0.3 is 0 Å². The van der Waals surface area contributed by atoms with Crippen molar-refractivity contribution in [2.24, 2.45) is 0 Å². The minimum atomic E-state index is 0.436. The Balaban J connectivity index is 2.58. The fraction of sp³-hybridized carbons (Fsp3) is 0.556. The molecule has 0 saturated heterocycles. The molecule has 1 unspecified atom stereocenters. The van der Waals surface area contributed by atoms with Crippen molar-refractivity contribution in [3.05, 3.63) is 18.1 Å². The summed E-state index contributed by atoms with van der Waals surface area (Å²) in [6.07, 6.45) is 5.52. The zero-order valence-electron chi connectivity index (χ0n) is 8.24. The van der Waals surface area contributed by atoms with Gasteiger partial charge < -0.3 is 5.32 Å². The summed E-state index contributed by atoms with van der Waals surface area (Å²) in [5, 5.41) is 3.32. The van der Waals surface area contributed by atoms with Gasteiger partial charge in [0.25, 0.3) is 0 Å². The Bertz CT molecular complexity index is 265. The Kier molecular flexibility index (Phi) is 4.02. The van der Waals surface area contributed by atoms with Crippen LogP contribution < -0.4 is 5.32 Å². The number of rotatable bonds is 4. The van der Waals surface area contributed by atoms with Gasteiger partial charge in [0.15, 0.2) is 0 Å². The SMILES string of the molecule is CSCC(C)Nc1nccnc1C. The van der Waals surface area contributed by atoms with Crippen LogP contribution in [0.15, 0.2) is 12.4 Å². The van der Waals surface area contributed by atoms with Gasteiger partial charge in [-0.1, -0.05) is 0 Å². The number of thioether (sulfide) groups is 1. The molecule has 0 aliphatic heterocycles. The lowest BCUT2D eigenvalue weighted by atomic mass is 10.3. The zero-order valence-corrected chi connectivity index (χ0v) is 9.06. The molecule has 0 aliphatic rings. The summed E-state index contributed by atoms with van der Waals surface area (Å²) in [5.74, 6) is 1.97. The van der Waals surface area contributed by atoms with E-state index < -0.39 is 0 Å². The Hall–Kier alpha value is -0.770. The number of nitrogens with one attached hydrogen (secondary N) is 1. The average molecular weight is 197 g/mol. The summed E-state index contributed by atoms with van der Waals surface area (Å²) in [6, 6.07) is 0.436. The minimum absolute atomic E-state index is 0.436. The monoisotopic (exact) mass is 197 g/mol. The van der Waals surface area contributed by atoms with Gasteiger partial charge in [0.05, 0.1) is 5.69 Å². The molecule has 0 radical (unpaired) electrons. The van der Waals surface area contributed by atoms with Gasteiger partial charge in [0, 0.05) is 24.2 Å². The molecule has 1 heterocycles. The van der Waals surface area contributed by atoms with Crippen LogP contribution in [-0.2, 0) is 0 Å². The van der Waals surface area contributed by atoms with Crippen LogP contribution in [0.25, 0.3) is 0 Å². The first-order chi connectivity index (χ1) is 6.24. The Morgan fingerprint density at radius 2 is 2.15 bits per heavy atom. The van der Waals surface area contributed by atoms with Gasteiger partial charge in [-0.3, -0.25) is 4.98 Å². The topological polar surface area (TPSA) is 37.8 Å². The van der Waals surface area contributed by atoms with Crippen molar-refractivity contribution in [2.75, 3.05) is 17.3 Å². The molecular formula is C9H15N3S. The van der Waals surface area contributed by atoms with Crippen LogP contribution in [0.3, 0.4) is 0 Å². The van der Waals surface area contributed by atoms with Crippen molar-refractivity contribution in [2.45, 2.75) is 19.9 Å². The summed E-state index contributed by atoms with van der Waals surface area (Å²) in [4.78, 5) is 8.38. The van der Waals surface area contributed by atoms with E-state index in [0.29, 0.717) is 6.04 Å². The van der Waals surface area contributed by atoms with E-state index in [1.165, 1.54) is 0 Å². The standard InChI is InChI=1S/C9H15N3S/c1-7(6-13-3)12-9-8(2)10-4-5-11-9/h4-5,7H,6H2,1-3H3,(H,11,12). The van der Waals surface area contributed by atoms with Gasteiger partial charge in [-0.2, -0.15) is 11.8 Å². The van der Waals surface area contributed by atoms with Crippen molar-refractivity contribution in [3.8, 4) is 0 Å². The molecule has 3 nitrogen and oxygen atoms in total. The van der Waals surface area contributed by atoms with Crippen molar-refractivity contribution in [1.82, 2.24) is 9.97 Å². The molecule has 0 aliphatic carbocycles. The molecule has 13 heavy (non-hydrogen) atoms. The summed E-state index contributed by atoms with van der Waals surface area (Å²) < 4.78 is 0. The second kappa shape index (κ2) is 5.07. The van der Waals surface area contributed by atoms with Crippen LogP contribution in [0.2, 0.25) is 0 Å². The van der Waals surface area contributed by atoms with E-state index in [0.717, 1.165) is 17.3 Å². The van der Waals surface area contributed by atoms with Crippen LogP contribution in [0, 0.1) is 6.92 Å². The van der Waals surface area contributed by atoms with Crippen molar-refractivity contribution in [3.63, 3.8) is 0 Å². The zero-order chi connectivity index (χ0) is 9.68. The van der Waals surface area contributed by atoms with E-state index in [-0.39, 0.29) is 0 Å². The number of aryl methyl sites for hydroxylation is 1. The minimum Gasteiger partial charge on any atom is -0.365 e. The lowest BCUT2D eigenvalue weighted by molar-refractivity contribution is 0.892. The third-order valence-electron chi connectivity index (χ3n) is 1.68. The normalized spacial score (nSPS) is 12.5. The van der Waals surface area contributed by atoms with Gasteiger partial charge in [0.2, 0.25) is 0 Å². The average Bonchev–Trinajstić information content (AvgIpc) is 2.09. The van der Waals surface area contributed by atoms with Crippen LogP contribution >= 0.6 is 11.8 Å². The highest BCUT2D eigenvalue weighted by molar-refractivity contribution is 7.98. The van der Waals surface area contributed by atoms with E-state index in [4.69, 9.17) is 0 Å². The van der Waals surface area contributed by atoms with Crippen molar-refractivity contribution in [1.29, 1.82) is 0 Å². The van der Waals surface area contributed by atoms with Crippen LogP contribution in [0.4, 0.5) is 5.82 Å². The fourth-order valence-corrected chi connectivity index (χ4v) is 1.66. The first kappa shape index (κ1) is 10.3. The number of anilines is 1. The number of hydrogen-bond acceptors (Lipinski definition) is 4. The highest BCUT2D eigenvalue weighted by Gasteiger charge is 2.03. The molecule has 1 atom stereocenters. The molecule has 0 aromatic carbocycles. The predicted octanol–water partition coefficient (Wildman–Crippen LogP) is 1.95. The summed E-state index contributed by atoms with van der Waals surface area (Å²) in [7, 11) is 0. The van der Waals surface area contributed by atoms with E-state index in [1.54, 1.807) is 12.4 Å². The molecule has 1 N–H and O–H groups in total. The van der Waals surface area contributed by atoms with E-state index >= 15 is 0 Å². The summed E-state index contributed by atoms with van der Waals surface area (Å²) in [6.45, 7) is 4.10. The lowest BCUT2D eigenvalue weighted by Crippen LogP contribution is -2.19. The summed E-state index contributed by atoms with van der Waals surface area (Å²) in [5.41, 5.74) is 0.954. The van der Waals surface area contributed by atoms with Gasteiger partial charge in [-0.25, -0.2) is 4.98 Å². The highest BCUT2D eigenvalue weighted by atomic mass is 32.2. The largest absolute Gasteiger partial charge is 0.365 e. The van der Waals surface area contributed by atoms with Crippen LogP contribution in [0.5, 0.6) is 0 Å². The number of nitrogens with zero attached hydrogens (tertiary/aromatic N) is 2. The maximum Gasteiger partial charge on any atom is 0.147 e. The Morgan fingerprint density at radius 3 is 2.77 bits per heavy atom. The first-order valence-corrected chi connectivity index (χ1v) is 5.66. The molecule has 4 heteroatoms. The van der Waals surface area contributed by atoms with Crippen molar-refractivity contribution >= 4 is 17.6 Å². The molecule has 0 saturated carbocycles. The molecule has 72 valence electrons.